The number of nitrogens with zero attached hydrogens (tertiary/aromatic N) is 3. The third-order valence-electron chi connectivity index (χ3n) is 5.98. The summed E-state index contributed by atoms with van der Waals surface area (Å²) in [4.78, 5) is 13.0. The molecule has 8 heteroatoms. The van der Waals surface area contributed by atoms with Gasteiger partial charge in [-0.05, 0) is 79.0 Å². The minimum absolute atomic E-state index is 0.316. The Bertz CT molecular complexity index is 1250. The Hall–Kier alpha value is -2.71. The zero-order valence-corrected chi connectivity index (χ0v) is 17.1. The molecule has 2 amide bonds. The second-order valence-corrected chi connectivity index (χ2v) is 9.60. The predicted octanol–water partition coefficient (Wildman–Crippen LogP) is 3.48. The molecule has 0 bridgehead atoms. The van der Waals surface area contributed by atoms with Gasteiger partial charge < -0.3 is 5.32 Å². The molecule has 0 spiro atoms. The van der Waals surface area contributed by atoms with E-state index in [0.29, 0.717) is 4.90 Å². The predicted molar refractivity (Wildman–Crippen MR) is 113 cm³/mol. The number of carbonyl (C=O) groups excluding carboxylic acids is 1. The summed E-state index contributed by atoms with van der Waals surface area (Å²) >= 11 is 0. The number of nitrogens with one attached hydrogen (secondary N) is 1. The van der Waals surface area contributed by atoms with E-state index in [-0.39, 0.29) is 0 Å². The number of benzene rings is 2. The minimum Gasteiger partial charge on any atom is -0.305 e. The van der Waals surface area contributed by atoms with Crippen molar-refractivity contribution in [3.05, 3.63) is 52.7 Å². The smallest absolute Gasteiger partial charge is 0.305 e. The summed E-state index contributed by atoms with van der Waals surface area (Å²) in [6.07, 6.45) is 7.85. The van der Waals surface area contributed by atoms with Crippen LogP contribution in [0.3, 0.4) is 0 Å². The van der Waals surface area contributed by atoms with Gasteiger partial charge in [0.25, 0.3) is 0 Å². The number of rotatable bonds is 2. The number of aromatic nitrogens is 2. The van der Waals surface area contributed by atoms with E-state index in [2.05, 4.69) is 20.8 Å². The molecule has 7 nitrogen and oxygen atoms in total. The van der Waals surface area contributed by atoms with Crippen LogP contribution in [0.25, 0.3) is 10.9 Å². The molecule has 2 aliphatic carbocycles. The number of hydrogen-bond donors (Lipinski definition) is 2. The molecule has 1 heterocycles. The first-order valence-corrected chi connectivity index (χ1v) is 11.4. The molecule has 0 fully saturated rings. The van der Waals surface area contributed by atoms with Crippen molar-refractivity contribution in [2.45, 2.75) is 43.4 Å². The van der Waals surface area contributed by atoms with Gasteiger partial charge in [0.1, 0.15) is 9.92 Å². The summed E-state index contributed by atoms with van der Waals surface area (Å²) in [7, 11) is -1.53. The van der Waals surface area contributed by atoms with Gasteiger partial charge in [-0.1, -0.05) is 6.07 Å². The lowest BCUT2D eigenvalue weighted by molar-refractivity contribution is 0.260. The summed E-state index contributed by atoms with van der Waals surface area (Å²) in [5.41, 5.74) is 6.81. The molecule has 2 aliphatic rings. The van der Waals surface area contributed by atoms with E-state index in [1.165, 1.54) is 22.3 Å². The summed E-state index contributed by atoms with van der Waals surface area (Å²) < 4.78 is 18.6. The van der Waals surface area contributed by atoms with Gasteiger partial charge >= 0.3 is 6.03 Å². The van der Waals surface area contributed by atoms with E-state index in [0.717, 1.165) is 55.1 Å². The number of nitrogens with two attached hydrogens (primary N) is 1. The second kappa shape index (κ2) is 6.67. The number of hydrogen-bond acceptors (Lipinski definition) is 3. The van der Waals surface area contributed by atoms with Crippen molar-refractivity contribution in [3.8, 4) is 0 Å². The number of anilines is 1. The highest BCUT2D eigenvalue weighted by molar-refractivity contribution is 7.91. The summed E-state index contributed by atoms with van der Waals surface area (Å²) in [5.74, 6) is 0. The van der Waals surface area contributed by atoms with Crippen LogP contribution in [0.1, 0.15) is 35.1 Å². The fraction of sp³-hybridized carbons (Fsp3) is 0.333. The van der Waals surface area contributed by atoms with Crippen LogP contribution >= 0.6 is 0 Å². The van der Waals surface area contributed by atoms with Gasteiger partial charge in [-0.25, -0.2) is 14.1 Å². The Morgan fingerprint density at radius 2 is 1.83 bits per heavy atom. The third-order valence-corrected chi connectivity index (χ3v) is 7.35. The van der Waals surface area contributed by atoms with E-state index < -0.39 is 15.9 Å². The van der Waals surface area contributed by atoms with Gasteiger partial charge in [0.15, 0.2) is 0 Å². The SMILES string of the molecule is Cn1ncc2cc([S@](N)(=O)=NC(=O)Nc3c4c(cc5c3CCC5)CCC4)ccc21. The fourth-order valence-electron chi connectivity index (χ4n) is 4.60. The topological polar surface area (TPSA) is 102 Å². The molecule has 3 N–H and O–H groups in total. The molecule has 29 heavy (non-hydrogen) atoms. The molecule has 0 radical (unpaired) electrons. The van der Waals surface area contributed by atoms with Crippen molar-refractivity contribution in [1.29, 1.82) is 0 Å². The van der Waals surface area contributed by atoms with Gasteiger partial charge in [0.2, 0.25) is 0 Å². The Morgan fingerprint density at radius 1 is 1.14 bits per heavy atom. The van der Waals surface area contributed by atoms with Crippen LogP contribution in [-0.4, -0.2) is 20.0 Å². The Labute approximate surface area is 169 Å². The van der Waals surface area contributed by atoms with Crippen molar-refractivity contribution >= 4 is 32.5 Å². The molecular formula is C21H23N5O2S. The number of amides is 2. The van der Waals surface area contributed by atoms with Crippen LogP contribution < -0.4 is 10.5 Å². The zero-order chi connectivity index (χ0) is 20.2. The van der Waals surface area contributed by atoms with E-state index in [4.69, 9.17) is 5.14 Å². The largest absolute Gasteiger partial charge is 0.354 e. The average Bonchev–Trinajstić information content (AvgIpc) is 3.41. The van der Waals surface area contributed by atoms with Crippen molar-refractivity contribution in [1.82, 2.24) is 9.78 Å². The van der Waals surface area contributed by atoms with Gasteiger partial charge in [0, 0.05) is 18.1 Å². The van der Waals surface area contributed by atoms with E-state index >= 15 is 0 Å². The first kappa shape index (κ1) is 18.3. The molecule has 3 aromatic rings. The van der Waals surface area contributed by atoms with E-state index in [1.54, 1.807) is 29.1 Å². The standard InChI is InChI=1S/C21H23N5O2S/c1-26-19-9-8-16(11-15(19)12-23-26)29(22,28)25-21(27)24-20-17-6-2-4-13(17)10-14-5-3-7-18(14)20/h8-12H,2-7H2,1H3,(H3,22,24,25,27,28)/t29-/m1/s1. The number of aryl methyl sites for hydroxylation is 3. The highest BCUT2D eigenvalue weighted by Gasteiger charge is 2.25. The van der Waals surface area contributed by atoms with Gasteiger partial charge in [-0.3, -0.25) is 4.68 Å². The maximum absolute atomic E-state index is 13.0. The molecule has 0 saturated carbocycles. The van der Waals surface area contributed by atoms with Crippen LogP contribution in [-0.2, 0) is 42.6 Å². The molecule has 0 saturated heterocycles. The van der Waals surface area contributed by atoms with Crippen molar-refractivity contribution < 1.29 is 9.00 Å². The lowest BCUT2D eigenvalue weighted by Crippen LogP contribution is -2.19. The van der Waals surface area contributed by atoms with Crippen molar-refractivity contribution in [3.63, 3.8) is 0 Å². The quantitative estimate of drug-likeness (QED) is 0.677. The second-order valence-electron chi connectivity index (χ2n) is 7.81. The third kappa shape index (κ3) is 3.12. The molecule has 5 rings (SSSR count). The van der Waals surface area contributed by atoms with Crippen molar-refractivity contribution in [2.75, 3.05) is 5.32 Å². The summed E-state index contributed by atoms with van der Waals surface area (Å²) in [5, 5.41) is 13.9. The fourth-order valence-corrected chi connectivity index (χ4v) is 5.55. The first-order chi connectivity index (χ1) is 13.9. The number of carbonyl (C=O) groups is 1. The van der Waals surface area contributed by atoms with Crippen LogP contribution in [0.15, 0.2) is 39.7 Å². The number of urea groups is 1. The highest BCUT2D eigenvalue weighted by Crippen LogP contribution is 2.38. The van der Waals surface area contributed by atoms with Crippen LogP contribution in [0, 0.1) is 0 Å². The maximum Gasteiger partial charge on any atom is 0.354 e. The van der Waals surface area contributed by atoms with Crippen LogP contribution in [0.2, 0.25) is 0 Å². The van der Waals surface area contributed by atoms with E-state index in [9.17, 15) is 9.00 Å². The Balaban J connectivity index is 1.50. The lowest BCUT2D eigenvalue weighted by atomic mass is 9.99. The van der Waals surface area contributed by atoms with Crippen LogP contribution in [0.4, 0.5) is 10.5 Å². The Morgan fingerprint density at radius 3 is 2.52 bits per heavy atom. The average molecular weight is 410 g/mol. The monoisotopic (exact) mass is 409 g/mol. The summed E-state index contributed by atoms with van der Waals surface area (Å²) in [6.45, 7) is 0. The molecule has 2 aromatic carbocycles. The van der Waals surface area contributed by atoms with Crippen molar-refractivity contribution in [2.24, 2.45) is 16.5 Å². The maximum atomic E-state index is 13.0. The molecule has 0 unspecified atom stereocenters. The molecule has 1 aromatic heterocycles. The minimum atomic E-state index is -3.36. The molecule has 150 valence electrons. The highest BCUT2D eigenvalue weighted by atomic mass is 32.2. The zero-order valence-electron chi connectivity index (χ0n) is 16.3. The number of fused-ring (bicyclic) bond motifs is 3. The molecular weight excluding hydrogens is 386 g/mol. The molecule has 1 atom stereocenters. The Kier molecular flexibility index (Phi) is 4.22. The summed E-state index contributed by atoms with van der Waals surface area (Å²) in [6, 6.07) is 6.75. The normalized spacial score (nSPS) is 17.0. The van der Waals surface area contributed by atoms with Gasteiger partial charge in [-0.2, -0.15) is 5.10 Å². The van der Waals surface area contributed by atoms with Crippen LogP contribution in [0.5, 0.6) is 0 Å². The molecule has 0 aliphatic heterocycles. The van der Waals surface area contributed by atoms with Gasteiger partial charge in [0.05, 0.1) is 16.6 Å². The van der Waals surface area contributed by atoms with Gasteiger partial charge in [-0.15, -0.1) is 4.36 Å². The lowest BCUT2D eigenvalue weighted by Gasteiger charge is -2.15. The van der Waals surface area contributed by atoms with E-state index in [1.807, 2.05) is 7.05 Å². The first-order valence-electron chi connectivity index (χ1n) is 9.86.